The molecule has 0 bridgehead atoms. The van der Waals surface area contributed by atoms with E-state index in [2.05, 4.69) is 4.98 Å². The molecule has 0 unspecified atom stereocenters. The molecule has 1 N–H and O–H groups in total. The number of oxazole rings is 1. The van der Waals surface area contributed by atoms with Crippen LogP contribution in [-0.4, -0.2) is 22.7 Å². The highest BCUT2D eigenvalue weighted by Gasteiger charge is 2.09. The highest BCUT2D eigenvalue weighted by Crippen LogP contribution is 2.21. The minimum Gasteiger partial charge on any atom is -0.494 e. The second-order valence-electron chi connectivity index (χ2n) is 3.24. The van der Waals surface area contributed by atoms with E-state index in [1.807, 2.05) is 6.92 Å². The lowest BCUT2D eigenvalue weighted by Gasteiger charge is -2.00. The molecule has 0 radical (unpaired) electrons. The van der Waals surface area contributed by atoms with Gasteiger partial charge in [0.2, 0.25) is 5.89 Å². The van der Waals surface area contributed by atoms with Crippen LogP contribution in [-0.2, 0) is 11.2 Å². The molecule has 1 aromatic carbocycles. The Morgan fingerprint density at radius 2 is 2.38 bits per heavy atom. The Morgan fingerprint density at radius 3 is 3.06 bits per heavy atom. The molecule has 0 fully saturated rings. The third-order valence-electron chi connectivity index (χ3n) is 2.02. The lowest BCUT2D eigenvalue weighted by atomic mass is 10.3. The molecule has 0 saturated heterocycles. The van der Waals surface area contributed by atoms with E-state index >= 15 is 0 Å². The number of fused-ring (bicyclic) bond motifs is 1. The number of aromatic nitrogens is 1. The number of rotatable bonds is 4. The molecule has 2 aromatic rings. The van der Waals surface area contributed by atoms with Crippen molar-refractivity contribution in [1.29, 1.82) is 0 Å². The van der Waals surface area contributed by atoms with Crippen LogP contribution in [0.5, 0.6) is 5.75 Å². The topological polar surface area (TPSA) is 72.6 Å². The molecule has 0 aliphatic heterocycles. The van der Waals surface area contributed by atoms with E-state index in [9.17, 15) is 4.79 Å². The summed E-state index contributed by atoms with van der Waals surface area (Å²) in [5.74, 6) is -0.0575. The first-order valence-corrected chi connectivity index (χ1v) is 4.93. The minimum atomic E-state index is -0.961. The smallest absolute Gasteiger partial charge is 0.312 e. The van der Waals surface area contributed by atoms with E-state index in [1.54, 1.807) is 18.2 Å². The van der Waals surface area contributed by atoms with Gasteiger partial charge in [-0.15, -0.1) is 0 Å². The molecule has 0 saturated carbocycles. The van der Waals surface area contributed by atoms with E-state index in [1.165, 1.54) is 0 Å². The van der Waals surface area contributed by atoms with Gasteiger partial charge in [-0.2, -0.15) is 0 Å². The molecule has 2 rings (SSSR count). The predicted molar refractivity (Wildman–Crippen MR) is 56.5 cm³/mol. The highest BCUT2D eigenvalue weighted by atomic mass is 16.5. The van der Waals surface area contributed by atoms with Crippen molar-refractivity contribution in [1.82, 2.24) is 4.98 Å². The molecule has 84 valence electrons. The van der Waals surface area contributed by atoms with Gasteiger partial charge in [-0.05, 0) is 19.1 Å². The van der Waals surface area contributed by atoms with Gasteiger partial charge in [-0.25, -0.2) is 4.98 Å². The van der Waals surface area contributed by atoms with Gasteiger partial charge in [-0.1, -0.05) is 0 Å². The van der Waals surface area contributed by atoms with Crippen LogP contribution in [0.25, 0.3) is 11.1 Å². The number of carbonyl (C=O) groups is 1. The predicted octanol–water partition coefficient (Wildman–Crippen LogP) is 1.85. The zero-order valence-electron chi connectivity index (χ0n) is 8.77. The number of hydrogen-bond acceptors (Lipinski definition) is 4. The quantitative estimate of drug-likeness (QED) is 0.852. The van der Waals surface area contributed by atoms with Crippen molar-refractivity contribution >= 4 is 17.1 Å². The number of carboxylic acids is 1. The van der Waals surface area contributed by atoms with Crippen LogP contribution in [0.4, 0.5) is 0 Å². The Bertz CT molecular complexity index is 518. The van der Waals surface area contributed by atoms with E-state index in [4.69, 9.17) is 14.3 Å². The average molecular weight is 221 g/mol. The normalized spacial score (nSPS) is 10.6. The number of nitrogens with zero attached hydrogens (tertiary/aromatic N) is 1. The Morgan fingerprint density at radius 1 is 1.56 bits per heavy atom. The minimum absolute atomic E-state index is 0.205. The maximum absolute atomic E-state index is 10.5. The van der Waals surface area contributed by atoms with E-state index in [0.717, 1.165) is 0 Å². The standard InChI is InChI=1S/C11H11NO4/c1-2-15-7-3-4-9-8(5-7)12-10(16-9)6-11(13)14/h3-5H,2,6H2,1H3,(H,13,14). The van der Waals surface area contributed by atoms with Gasteiger partial charge >= 0.3 is 5.97 Å². The van der Waals surface area contributed by atoms with Gasteiger partial charge < -0.3 is 14.3 Å². The molecule has 0 amide bonds. The Labute approximate surface area is 91.7 Å². The second kappa shape index (κ2) is 4.22. The van der Waals surface area contributed by atoms with Crippen molar-refractivity contribution in [3.63, 3.8) is 0 Å². The lowest BCUT2D eigenvalue weighted by Crippen LogP contribution is -1.99. The summed E-state index contributed by atoms with van der Waals surface area (Å²) in [6, 6.07) is 5.22. The van der Waals surface area contributed by atoms with E-state index in [0.29, 0.717) is 23.5 Å². The van der Waals surface area contributed by atoms with Crippen molar-refractivity contribution in [2.24, 2.45) is 0 Å². The first-order valence-electron chi connectivity index (χ1n) is 4.93. The summed E-state index contributed by atoms with van der Waals surface area (Å²) in [4.78, 5) is 14.6. The Hall–Kier alpha value is -2.04. The summed E-state index contributed by atoms with van der Waals surface area (Å²) >= 11 is 0. The van der Waals surface area contributed by atoms with Gasteiger partial charge in [-0.3, -0.25) is 4.79 Å². The summed E-state index contributed by atoms with van der Waals surface area (Å²) < 4.78 is 10.6. The summed E-state index contributed by atoms with van der Waals surface area (Å²) in [5.41, 5.74) is 1.18. The first-order chi connectivity index (χ1) is 7.69. The monoisotopic (exact) mass is 221 g/mol. The molecular weight excluding hydrogens is 210 g/mol. The second-order valence-corrected chi connectivity index (χ2v) is 3.24. The van der Waals surface area contributed by atoms with Crippen molar-refractivity contribution in [2.75, 3.05) is 6.61 Å². The number of ether oxygens (including phenoxy) is 1. The van der Waals surface area contributed by atoms with Gasteiger partial charge in [0.15, 0.2) is 5.58 Å². The molecule has 0 spiro atoms. The molecule has 16 heavy (non-hydrogen) atoms. The van der Waals surface area contributed by atoms with Crippen LogP contribution in [0.1, 0.15) is 12.8 Å². The van der Waals surface area contributed by atoms with Gasteiger partial charge in [0.05, 0.1) is 6.61 Å². The molecular formula is C11H11NO4. The Kier molecular flexibility index (Phi) is 2.76. The summed E-state index contributed by atoms with van der Waals surface area (Å²) in [5, 5.41) is 8.61. The zero-order chi connectivity index (χ0) is 11.5. The molecule has 0 atom stereocenters. The fourth-order valence-electron chi connectivity index (χ4n) is 1.42. The fraction of sp³-hybridized carbons (Fsp3) is 0.273. The summed E-state index contributed by atoms with van der Waals surface area (Å²) in [7, 11) is 0. The van der Waals surface area contributed by atoms with Crippen molar-refractivity contribution < 1.29 is 19.1 Å². The molecule has 1 aromatic heterocycles. The van der Waals surface area contributed by atoms with Crippen LogP contribution in [0.3, 0.4) is 0 Å². The van der Waals surface area contributed by atoms with Crippen LogP contribution < -0.4 is 4.74 Å². The SMILES string of the molecule is CCOc1ccc2oc(CC(=O)O)nc2c1. The largest absolute Gasteiger partial charge is 0.494 e. The molecule has 5 nitrogen and oxygen atoms in total. The molecule has 0 aliphatic carbocycles. The van der Waals surface area contributed by atoms with Crippen LogP contribution in [0.2, 0.25) is 0 Å². The van der Waals surface area contributed by atoms with Crippen molar-refractivity contribution in [3.8, 4) is 5.75 Å². The molecule has 5 heteroatoms. The van der Waals surface area contributed by atoms with Crippen LogP contribution in [0.15, 0.2) is 22.6 Å². The third-order valence-corrected chi connectivity index (χ3v) is 2.02. The zero-order valence-corrected chi connectivity index (χ0v) is 8.77. The van der Waals surface area contributed by atoms with E-state index in [-0.39, 0.29) is 12.3 Å². The first kappa shape index (κ1) is 10.5. The van der Waals surface area contributed by atoms with Crippen LogP contribution in [0, 0.1) is 0 Å². The number of aliphatic carboxylic acids is 1. The number of benzene rings is 1. The highest BCUT2D eigenvalue weighted by molar-refractivity contribution is 5.76. The molecule has 0 aliphatic rings. The fourth-order valence-corrected chi connectivity index (χ4v) is 1.42. The van der Waals surface area contributed by atoms with Crippen molar-refractivity contribution in [2.45, 2.75) is 13.3 Å². The maximum Gasteiger partial charge on any atom is 0.312 e. The third kappa shape index (κ3) is 2.13. The lowest BCUT2D eigenvalue weighted by molar-refractivity contribution is -0.136. The number of carboxylic acid groups (broad SMARTS) is 1. The Balaban J connectivity index is 2.34. The van der Waals surface area contributed by atoms with Crippen LogP contribution >= 0.6 is 0 Å². The van der Waals surface area contributed by atoms with Gasteiger partial charge in [0.1, 0.15) is 17.7 Å². The summed E-state index contributed by atoms with van der Waals surface area (Å²) in [6.07, 6.45) is -0.210. The van der Waals surface area contributed by atoms with Gasteiger partial charge in [0.25, 0.3) is 0 Å². The van der Waals surface area contributed by atoms with E-state index < -0.39 is 5.97 Å². The average Bonchev–Trinajstić information content (AvgIpc) is 2.58. The van der Waals surface area contributed by atoms with Gasteiger partial charge in [0, 0.05) is 6.07 Å². The maximum atomic E-state index is 10.5. The molecule has 1 heterocycles. The number of hydrogen-bond donors (Lipinski definition) is 1. The summed E-state index contributed by atoms with van der Waals surface area (Å²) in [6.45, 7) is 2.47. The van der Waals surface area contributed by atoms with Crippen molar-refractivity contribution in [3.05, 3.63) is 24.1 Å².